The molecular formula is C14H12FNO2. The van der Waals surface area contributed by atoms with Crippen molar-refractivity contribution in [3.05, 3.63) is 53.5 Å². The third-order valence-electron chi connectivity index (χ3n) is 2.58. The van der Waals surface area contributed by atoms with Crippen molar-refractivity contribution in [3.8, 4) is 11.3 Å². The molecule has 0 radical (unpaired) electrons. The first-order valence-corrected chi connectivity index (χ1v) is 5.42. The quantitative estimate of drug-likeness (QED) is 0.763. The highest BCUT2D eigenvalue weighted by atomic mass is 19.1. The van der Waals surface area contributed by atoms with E-state index < -0.39 is 11.8 Å². The summed E-state index contributed by atoms with van der Waals surface area (Å²) in [5, 5.41) is 0. The number of aromatic nitrogens is 1. The highest BCUT2D eigenvalue weighted by Gasteiger charge is 2.13. The van der Waals surface area contributed by atoms with Crippen LogP contribution in [0.1, 0.15) is 15.9 Å². The van der Waals surface area contributed by atoms with E-state index in [0.29, 0.717) is 11.3 Å². The number of carbonyl (C=O) groups is 1. The molecule has 18 heavy (non-hydrogen) atoms. The Morgan fingerprint density at radius 3 is 2.61 bits per heavy atom. The maximum atomic E-state index is 13.7. The lowest BCUT2D eigenvalue weighted by Gasteiger charge is -2.05. The molecule has 0 aliphatic heterocycles. The fourth-order valence-corrected chi connectivity index (χ4v) is 1.59. The molecule has 0 unspecified atom stereocenters. The Hall–Kier alpha value is -2.23. The summed E-state index contributed by atoms with van der Waals surface area (Å²) in [6.45, 7) is 1.93. The molecule has 0 amide bonds. The van der Waals surface area contributed by atoms with E-state index in [4.69, 9.17) is 0 Å². The number of halogens is 1. The van der Waals surface area contributed by atoms with Crippen LogP contribution in [0.4, 0.5) is 4.39 Å². The van der Waals surface area contributed by atoms with Gasteiger partial charge >= 0.3 is 5.97 Å². The molecule has 1 aromatic heterocycles. The number of esters is 1. The third-order valence-corrected chi connectivity index (χ3v) is 2.58. The van der Waals surface area contributed by atoms with Gasteiger partial charge < -0.3 is 4.74 Å². The van der Waals surface area contributed by atoms with Crippen molar-refractivity contribution < 1.29 is 13.9 Å². The zero-order valence-corrected chi connectivity index (χ0v) is 10.1. The number of hydrogen-bond acceptors (Lipinski definition) is 3. The van der Waals surface area contributed by atoms with Gasteiger partial charge in [0.25, 0.3) is 0 Å². The minimum atomic E-state index is -0.684. The van der Waals surface area contributed by atoms with Gasteiger partial charge in [0.05, 0.1) is 18.4 Å². The largest absolute Gasteiger partial charge is 0.465 e. The van der Waals surface area contributed by atoms with Crippen LogP contribution in [0.25, 0.3) is 11.3 Å². The number of nitrogens with zero attached hydrogens (tertiary/aromatic N) is 1. The summed E-state index contributed by atoms with van der Waals surface area (Å²) in [7, 11) is 1.22. The van der Waals surface area contributed by atoms with E-state index in [1.807, 2.05) is 19.1 Å². The van der Waals surface area contributed by atoms with Crippen LogP contribution >= 0.6 is 0 Å². The first-order chi connectivity index (χ1) is 8.61. The number of aryl methyl sites for hydroxylation is 1. The second kappa shape index (κ2) is 4.96. The summed E-state index contributed by atoms with van der Waals surface area (Å²) in [4.78, 5) is 15.5. The van der Waals surface area contributed by atoms with Crippen molar-refractivity contribution in [2.45, 2.75) is 6.92 Å². The van der Waals surface area contributed by atoms with Crippen LogP contribution in [0.5, 0.6) is 0 Å². The Morgan fingerprint density at radius 1 is 1.28 bits per heavy atom. The van der Waals surface area contributed by atoms with Gasteiger partial charge in [-0.15, -0.1) is 0 Å². The molecule has 2 aromatic rings. The zero-order chi connectivity index (χ0) is 13.1. The number of rotatable bonds is 2. The molecule has 1 heterocycles. The van der Waals surface area contributed by atoms with Crippen molar-refractivity contribution in [1.29, 1.82) is 0 Å². The van der Waals surface area contributed by atoms with Gasteiger partial charge in [-0.1, -0.05) is 12.1 Å². The second-order valence-electron chi connectivity index (χ2n) is 3.91. The third kappa shape index (κ3) is 2.37. The smallest absolute Gasteiger partial charge is 0.340 e. The first kappa shape index (κ1) is 12.2. The standard InChI is InChI=1S/C14H12FNO2/c1-9-3-6-13(16-8-9)10-4-5-11(12(15)7-10)14(17)18-2/h3-8H,1-2H3. The van der Waals surface area contributed by atoms with Crippen LogP contribution in [0.15, 0.2) is 36.5 Å². The summed E-state index contributed by atoms with van der Waals surface area (Å²) in [6, 6.07) is 8.03. The van der Waals surface area contributed by atoms with E-state index in [1.54, 1.807) is 12.3 Å². The number of ether oxygens (including phenoxy) is 1. The predicted molar refractivity (Wildman–Crippen MR) is 65.7 cm³/mol. The number of methoxy groups -OCH3 is 1. The van der Waals surface area contributed by atoms with Crippen LogP contribution in [0, 0.1) is 12.7 Å². The van der Waals surface area contributed by atoms with Gasteiger partial charge in [-0.25, -0.2) is 9.18 Å². The molecule has 1 aromatic carbocycles. The van der Waals surface area contributed by atoms with E-state index in [9.17, 15) is 9.18 Å². The van der Waals surface area contributed by atoms with Crippen molar-refractivity contribution in [3.63, 3.8) is 0 Å². The van der Waals surface area contributed by atoms with E-state index in [0.717, 1.165) is 5.56 Å². The Morgan fingerprint density at radius 2 is 2.06 bits per heavy atom. The van der Waals surface area contributed by atoms with Crippen molar-refractivity contribution in [2.75, 3.05) is 7.11 Å². The lowest BCUT2D eigenvalue weighted by atomic mass is 10.1. The number of carbonyl (C=O) groups excluding carboxylic acids is 1. The minimum absolute atomic E-state index is 0.0756. The van der Waals surface area contributed by atoms with Crippen molar-refractivity contribution in [2.24, 2.45) is 0 Å². The maximum Gasteiger partial charge on any atom is 0.340 e. The lowest BCUT2D eigenvalue weighted by Crippen LogP contribution is -2.04. The van der Waals surface area contributed by atoms with Crippen LogP contribution in [0.2, 0.25) is 0 Å². The Bertz CT molecular complexity index is 579. The molecule has 0 aliphatic carbocycles. The maximum absolute atomic E-state index is 13.7. The molecular weight excluding hydrogens is 233 g/mol. The summed E-state index contributed by atoms with van der Waals surface area (Å²) < 4.78 is 18.2. The van der Waals surface area contributed by atoms with Gasteiger partial charge in [-0.3, -0.25) is 4.98 Å². The Labute approximate surface area is 104 Å². The molecule has 0 fully saturated rings. The molecule has 0 atom stereocenters. The first-order valence-electron chi connectivity index (χ1n) is 5.42. The van der Waals surface area contributed by atoms with Gasteiger partial charge in [0.2, 0.25) is 0 Å². The van der Waals surface area contributed by atoms with Crippen molar-refractivity contribution >= 4 is 5.97 Å². The summed E-state index contributed by atoms with van der Waals surface area (Å²) in [5.41, 5.74) is 2.25. The van der Waals surface area contributed by atoms with Crippen LogP contribution in [-0.2, 0) is 4.74 Å². The van der Waals surface area contributed by atoms with Crippen LogP contribution in [0.3, 0.4) is 0 Å². The SMILES string of the molecule is COC(=O)c1ccc(-c2ccc(C)cn2)cc1F. The molecule has 0 bridgehead atoms. The van der Waals surface area contributed by atoms with E-state index >= 15 is 0 Å². The molecule has 0 saturated heterocycles. The molecule has 0 saturated carbocycles. The molecule has 0 N–H and O–H groups in total. The van der Waals surface area contributed by atoms with E-state index in [2.05, 4.69) is 9.72 Å². The van der Waals surface area contributed by atoms with Gasteiger partial charge in [0.15, 0.2) is 0 Å². The van der Waals surface area contributed by atoms with E-state index in [-0.39, 0.29) is 5.56 Å². The lowest BCUT2D eigenvalue weighted by molar-refractivity contribution is 0.0595. The Balaban J connectivity index is 2.40. The highest BCUT2D eigenvalue weighted by molar-refractivity contribution is 5.90. The molecule has 92 valence electrons. The normalized spacial score (nSPS) is 10.2. The van der Waals surface area contributed by atoms with E-state index in [1.165, 1.54) is 19.2 Å². The average Bonchev–Trinajstić information content (AvgIpc) is 2.38. The van der Waals surface area contributed by atoms with Gasteiger partial charge in [0, 0.05) is 11.8 Å². The minimum Gasteiger partial charge on any atom is -0.465 e. The second-order valence-corrected chi connectivity index (χ2v) is 3.91. The summed E-state index contributed by atoms with van der Waals surface area (Å²) in [6.07, 6.45) is 1.71. The number of hydrogen-bond donors (Lipinski definition) is 0. The molecule has 4 heteroatoms. The van der Waals surface area contributed by atoms with Gasteiger partial charge in [0.1, 0.15) is 5.82 Å². The van der Waals surface area contributed by atoms with Gasteiger partial charge in [-0.05, 0) is 30.7 Å². The van der Waals surface area contributed by atoms with Crippen LogP contribution < -0.4 is 0 Å². The highest BCUT2D eigenvalue weighted by Crippen LogP contribution is 2.20. The topological polar surface area (TPSA) is 39.2 Å². The fourth-order valence-electron chi connectivity index (χ4n) is 1.59. The van der Waals surface area contributed by atoms with Crippen LogP contribution in [-0.4, -0.2) is 18.1 Å². The molecule has 2 rings (SSSR count). The molecule has 3 nitrogen and oxygen atoms in total. The number of pyridine rings is 1. The fraction of sp³-hybridized carbons (Fsp3) is 0.143. The van der Waals surface area contributed by atoms with Crippen molar-refractivity contribution in [1.82, 2.24) is 4.98 Å². The molecule has 0 spiro atoms. The predicted octanol–water partition coefficient (Wildman–Crippen LogP) is 2.98. The van der Waals surface area contributed by atoms with Gasteiger partial charge in [-0.2, -0.15) is 0 Å². The number of benzene rings is 1. The monoisotopic (exact) mass is 245 g/mol. The Kier molecular flexibility index (Phi) is 3.37. The summed E-state index contributed by atoms with van der Waals surface area (Å²) >= 11 is 0. The average molecular weight is 245 g/mol. The zero-order valence-electron chi connectivity index (χ0n) is 10.1. The molecule has 0 aliphatic rings. The summed E-state index contributed by atoms with van der Waals surface area (Å²) in [5.74, 6) is -1.29.